The molecule has 0 aromatic heterocycles. The molecule has 146 valence electrons. The topological polar surface area (TPSA) is 71.4 Å². The fourth-order valence-corrected chi connectivity index (χ4v) is 2.62. The van der Waals surface area contributed by atoms with E-state index in [1.165, 1.54) is 0 Å². The van der Waals surface area contributed by atoms with Crippen molar-refractivity contribution >= 4 is 27.9 Å². The van der Waals surface area contributed by atoms with Crippen LogP contribution in [0.1, 0.15) is 31.4 Å². The second-order valence-electron chi connectivity index (χ2n) is 6.28. The molecule has 28 heavy (non-hydrogen) atoms. The van der Waals surface area contributed by atoms with Crippen LogP contribution in [0.15, 0.2) is 52.5 Å². The lowest BCUT2D eigenvalue weighted by Gasteiger charge is -2.12. The number of halogens is 1. The van der Waals surface area contributed by atoms with E-state index in [2.05, 4.69) is 21.2 Å². The van der Waals surface area contributed by atoms with Crippen molar-refractivity contribution in [1.82, 2.24) is 5.32 Å². The van der Waals surface area contributed by atoms with Crippen LogP contribution in [0.5, 0.6) is 11.5 Å². The van der Waals surface area contributed by atoms with Crippen molar-refractivity contribution in [2.45, 2.75) is 32.9 Å². The molecule has 0 heterocycles. The van der Waals surface area contributed by atoms with Crippen molar-refractivity contribution in [2.24, 2.45) is 0 Å². The Balaban J connectivity index is 2.15. The molecule has 2 aromatic carbocycles. The summed E-state index contributed by atoms with van der Waals surface area (Å²) in [5.74, 6) is 0.738. The zero-order valence-electron chi connectivity index (χ0n) is 16.2. The molecule has 0 aliphatic rings. The molecule has 6 heteroatoms. The molecule has 0 aliphatic carbocycles. The second kappa shape index (κ2) is 10.5. The molecule has 2 rings (SSSR count). The number of ether oxygens (including phenoxy) is 2. The van der Waals surface area contributed by atoms with Crippen molar-refractivity contribution in [3.8, 4) is 17.6 Å². The van der Waals surface area contributed by atoms with Crippen LogP contribution >= 0.6 is 15.9 Å². The summed E-state index contributed by atoms with van der Waals surface area (Å²) < 4.78 is 12.3. The van der Waals surface area contributed by atoms with E-state index in [9.17, 15) is 10.1 Å². The van der Waals surface area contributed by atoms with Gasteiger partial charge >= 0.3 is 0 Å². The zero-order chi connectivity index (χ0) is 20.5. The molecule has 0 saturated heterocycles. The van der Waals surface area contributed by atoms with E-state index < -0.39 is 0 Å². The van der Waals surface area contributed by atoms with Crippen molar-refractivity contribution in [2.75, 3.05) is 7.11 Å². The normalized spacial score (nSPS) is 12.0. The monoisotopic (exact) mass is 442 g/mol. The van der Waals surface area contributed by atoms with Gasteiger partial charge in [-0.05, 0) is 54.8 Å². The summed E-state index contributed by atoms with van der Waals surface area (Å²) in [4.78, 5) is 12.2. The van der Waals surface area contributed by atoms with E-state index in [1.54, 1.807) is 31.4 Å². The highest BCUT2D eigenvalue weighted by Crippen LogP contribution is 2.29. The average molecular weight is 443 g/mol. The predicted molar refractivity (Wildman–Crippen MR) is 113 cm³/mol. The molecule has 1 amide bonds. The summed E-state index contributed by atoms with van der Waals surface area (Å²) >= 11 is 3.41. The van der Waals surface area contributed by atoms with E-state index in [0.717, 1.165) is 16.5 Å². The summed E-state index contributed by atoms with van der Waals surface area (Å²) in [5.41, 5.74) is 1.76. The number of hydrogen-bond acceptors (Lipinski definition) is 4. The maximum atomic E-state index is 12.2. The number of hydrogen-bond donors (Lipinski definition) is 1. The highest BCUT2D eigenvalue weighted by molar-refractivity contribution is 9.10. The molecule has 2 aromatic rings. The summed E-state index contributed by atoms with van der Waals surface area (Å²) in [5, 5.41) is 12.1. The molecular weight excluding hydrogens is 420 g/mol. The first-order chi connectivity index (χ1) is 13.5. The largest absolute Gasteiger partial charge is 0.493 e. The van der Waals surface area contributed by atoms with Crippen LogP contribution in [0.25, 0.3) is 6.08 Å². The van der Waals surface area contributed by atoms with Crippen molar-refractivity contribution in [3.63, 3.8) is 0 Å². The lowest BCUT2D eigenvalue weighted by atomic mass is 10.1. The third-order valence-corrected chi connectivity index (χ3v) is 4.69. The number of methoxy groups -OCH3 is 1. The SMILES string of the molecule is CC[C@@H](C)NC(=O)/C(C#N)=C/c1ccc(OCc2ccc(Br)cc2)c(OC)c1. The first-order valence-corrected chi connectivity index (χ1v) is 9.74. The van der Waals surface area contributed by atoms with Gasteiger partial charge in [0.05, 0.1) is 7.11 Å². The Morgan fingerprint density at radius 2 is 1.96 bits per heavy atom. The van der Waals surface area contributed by atoms with Crippen LogP contribution in [-0.4, -0.2) is 19.1 Å². The van der Waals surface area contributed by atoms with Gasteiger partial charge in [0.2, 0.25) is 0 Å². The molecule has 0 saturated carbocycles. The van der Waals surface area contributed by atoms with Gasteiger partial charge in [0.25, 0.3) is 5.91 Å². The standard InChI is InChI=1S/C22H23BrN2O3/c1-4-15(2)25-22(26)18(13-24)11-17-7-10-20(21(12-17)27-3)28-14-16-5-8-19(23)9-6-16/h5-12,15H,4,14H2,1-3H3,(H,25,26)/b18-11+/t15-/m1/s1. The zero-order valence-corrected chi connectivity index (χ0v) is 17.7. The minimum atomic E-state index is -0.383. The quantitative estimate of drug-likeness (QED) is 0.467. The second-order valence-corrected chi connectivity index (χ2v) is 7.19. The van der Waals surface area contributed by atoms with Crippen LogP contribution in [-0.2, 0) is 11.4 Å². The lowest BCUT2D eigenvalue weighted by Crippen LogP contribution is -2.32. The van der Waals surface area contributed by atoms with E-state index in [0.29, 0.717) is 23.7 Å². The van der Waals surface area contributed by atoms with Gasteiger partial charge in [0.15, 0.2) is 11.5 Å². The van der Waals surface area contributed by atoms with Gasteiger partial charge in [0.1, 0.15) is 18.2 Å². The first-order valence-electron chi connectivity index (χ1n) is 8.94. The van der Waals surface area contributed by atoms with Crippen LogP contribution < -0.4 is 14.8 Å². The fraction of sp³-hybridized carbons (Fsp3) is 0.273. The average Bonchev–Trinajstić information content (AvgIpc) is 2.71. The van der Waals surface area contributed by atoms with Gasteiger partial charge in [-0.1, -0.05) is 41.1 Å². The maximum Gasteiger partial charge on any atom is 0.262 e. The van der Waals surface area contributed by atoms with Crippen LogP contribution in [0.4, 0.5) is 0 Å². The molecule has 1 atom stereocenters. The van der Waals surface area contributed by atoms with E-state index in [-0.39, 0.29) is 17.5 Å². The van der Waals surface area contributed by atoms with Gasteiger partial charge in [-0.15, -0.1) is 0 Å². The Morgan fingerprint density at radius 3 is 2.57 bits per heavy atom. The van der Waals surface area contributed by atoms with E-state index in [1.807, 2.05) is 44.2 Å². The number of nitrogens with zero attached hydrogens (tertiary/aromatic N) is 1. The molecule has 0 aliphatic heterocycles. The molecule has 0 fully saturated rings. The van der Waals surface area contributed by atoms with Gasteiger partial charge in [-0.3, -0.25) is 4.79 Å². The fourth-order valence-electron chi connectivity index (χ4n) is 2.35. The van der Waals surface area contributed by atoms with Gasteiger partial charge < -0.3 is 14.8 Å². The molecular formula is C22H23BrN2O3. The number of nitriles is 1. The maximum absolute atomic E-state index is 12.2. The molecule has 0 spiro atoms. The number of benzene rings is 2. The van der Waals surface area contributed by atoms with Crippen LogP contribution in [0.2, 0.25) is 0 Å². The number of carbonyl (C=O) groups is 1. The smallest absolute Gasteiger partial charge is 0.262 e. The molecule has 0 bridgehead atoms. The number of carbonyl (C=O) groups excluding carboxylic acids is 1. The number of amides is 1. The van der Waals surface area contributed by atoms with Gasteiger partial charge in [-0.2, -0.15) is 5.26 Å². The Hall–Kier alpha value is -2.78. The molecule has 0 radical (unpaired) electrons. The number of rotatable bonds is 8. The third kappa shape index (κ3) is 6.14. The first kappa shape index (κ1) is 21.5. The molecule has 5 nitrogen and oxygen atoms in total. The summed E-state index contributed by atoms with van der Waals surface area (Å²) in [7, 11) is 1.55. The highest BCUT2D eigenvalue weighted by Gasteiger charge is 2.12. The predicted octanol–water partition coefficient (Wildman–Crippen LogP) is 4.86. The van der Waals surface area contributed by atoms with E-state index in [4.69, 9.17) is 9.47 Å². The Labute approximate surface area is 174 Å². The van der Waals surface area contributed by atoms with Crippen molar-refractivity contribution < 1.29 is 14.3 Å². The Bertz CT molecular complexity index is 886. The molecule has 1 N–H and O–H groups in total. The van der Waals surface area contributed by atoms with Crippen LogP contribution in [0, 0.1) is 11.3 Å². The summed E-state index contributed by atoms with van der Waals surface area (Å²) in [6, 6.07) is 15.1. The summed E-state index contributed by atoms with van der Waals surface area (Å²) in [6.07, 6.45) is 2.33. The Kier molecular flexibility index (Phi) is 8.09. The number of nitrogens with one attached hydrogen (secondary N) is 1. The summed E-state index contributed by atoms with van der Waals surface area (Å²) in [6.45, 7) is 4.27. The van der Waals surface area contributed by atoms with E-state index >= 15 is 0 Å². The third-order valence-electron chi connectivity index (χ3n) is 4.16. The minimum Gasteiger partial charge on any atom is -0.493 e. The van der Waals surface area contributed by atoms with Crippen LogP contribution in [0.3, 0.4) is 0 Å². The van der Waals surface area contributed by atoms with Gasteiger partial charge in [0, 0.05) is 10.5 Å². The van der Waals surface area contributed by atoms with Gasteiger partial charge in [-0.25, -0.2) is 0 Å². The molecule has 0 unspecified atom stereocenters. The van der Waals surface area contributed by atoms with Crippen molar-refractivity contribution in [1.29, 1.82) is 5.26 Å². The minimum absolute atomic E-state index is 0.00757. The lowest BCUT2D eigenvalue weighted by molar-refractivity contribution is -0.117. The van der Waals surface area contributed by atoms with Crippen molar-refractivity contribution in [3.05, 3.63) is 63.6 Å². The highest BCUT2D eigenvalue weighted by atomic mass is 79.9. The Morgan fingerprint density at radius 1 is 1.25 bits per heavy atom.